The lowest BCUT2D eigenvalue weighted by Crippen LogP contribution is -1.99. The lowest BCUT2D eigenvalue weighted by atomic mass is 10.1. The molecule has 1 unspecified atom stereocenters. The zero-order chi connectivity index (χ0) is 8.27. The summed E-state index contributed by atoms with van der Waals surface area (Å²) in [6.07, 6.45) is 5.15. The maximum absolute atomic E-state index is 4.31. The fourth-order valence-electron chi connectivity index (χ4n) is 1.58. The maximum atomic E-state index is 4.31. The summed E-state index contributed by atoms with van der Waals surface area (Å²) < 4.78 is 0. The predicted octanol–water partition coefficient (Wildman–Crippen LogP) is 2.90. The smallest absolute Gasteiger partial charge is 0.0276 e. The van der Waals surface area contributed by atoms with Gasteiger partial charge in [0, 0.05) is 12.8 Å². The Hall–Kier alpha value is -0.330. The van der Waals surface area contributed by atoms with Gasteiger partial charge < -0.3 is 0 Å². The Balaban J connectivity index is 2.22. The summed E-state index contributed by atoms with van der Waals surface area (Å²) in [4.78, 5) is 4.31. The van der Waals surface area contributed by atoms with Crippen LogP contribution >= 0.6 is 0 Å². The molecule has 1 rings (SSSR count). The van der Waals surface area contributed by atoms with Gasteiger partial charge in [-0.05, 0) is 31.1 Å². The molecule has 64 valence electrons. The van der Waals surface area contributed by atoms with Crippen molar-refractivity contribution < 1.29 is 0 Å². The molecule has 0 bridgehead atoms. The molecule has 1 aliphatic rings. The molecular weight excluding hydrogens is 134 g/mol. The highest BCUT2D eigenvalue weighted by Gasteiger charge is 2.32. The third-order valence-corrected chi connectivity index (χ3v) is 2.63. The Morgan fingerprint density at radius 1 is 1.55 bits per heavy atom. The van der Waals surface area contributed by atoms with Crippen molar-refractivity contribution >= 4 is 5.71 Å². The van der Waals surface area contributed by atoms with E-state index in [-0.39, 0.29) is 0 Å². The molecule has 0 heterocycles. The maximum Gasteiger partial charge on any atom is 0.0276 e. The van der Waals surface area contributed by atoms with E-state index in [0.29, 0.717) is 0 Å². The molecule has 1 nitrogen and oxygen atoms in total. The zero-order valence-corrected chi connectivity index (χ0v) is 7.93. The van der Waals surface area contributed by atoms with Crippen molar-refractivity contribution in [2.24, 2.45) is 16.8 Å². The van der Waals surface area contributed by atoms with Crippen molar-refractivity contribution in [3.05, 3.63) is 0 Å². The number of aliphatic imine (C=N–C) groups is 1. The fraction of sp³-hybridized carbons (Fsp3) is 0.900. The first-order chi connectivity index (χ1) is 5.27. The molecule has 2 atom stereocenters. The van der Waals surface area contributed by atoms with Gasteiger partial charge in [0.1, 0.15) is 0 Å². The van der Waals surface area contributed by atoms with Crippen molar-refractivity contribution in [3.63, 3.8) is 0 Å². The molecule has 1 fully saturated rings. The molecular formula is C10H19N. The first-order valence-corrected chi connectivity index (χ1v) is 4.72. The van der Waals surface area contributed by atoms with E-state index in [2.05, 4.69) is 18.8 Å². The van der Waals surface area contributed by atoms with E-state index in [0.717, 1.165) is 11.8 Å². The van der Waals surface area contributed by atoms with E-state index >= 15 is 0 Å². The number of hydrogen-bond acceptors (Lipinski definition) is 1. The fourth-order valence-corrected chi connectivity index (χ4v) is 1.58. The van der Waals surface area contributed by atoms with Gasteiger partial charge in [0.2, 0.25) is 0 Å². The van der Waals surface area contributed by atoms with Crippen LogP contribution in [-0.4, -0.2) is 12.8 Å². The van der Waals surface area contributed by atoms with Gasteiger partial charge in [-0.1, -0.05) is 20.3 Å². The molecule has 0 spiro atoms. The van der Waals surface area contributed by atoms with Crippen LogP contribution in [0.15, 0.2) is 4.99 Å². The van der Waals surface area contributed by atoms with Gasteiger partial charge in [0.15, 0.2) is 0 Å². The van der Waals surface area contributed by atoms with E-state index < -0.39 is 0 Å². The third kappa shape index (κ3) is 2.64. The van der Waals surface area contributed by atoms with Gasteiger partial charge in [-0.15, -0.1) is 0 Å². The summed E-state index contributed by atoms with van der Waals surface area (Å²) in [7, 11) is 1.93. The van der Waals surface area contributed by atoms with E-state index in [1.165, 1.54) is 31.4 Å². The summed E-state index contributed by atoms with van der Waals surface area (Å²) in [5.41, 5.74) is 1.43. The van der Waals surface area contributed by atoms with Crippen LogP contribution < -0.4 is 0 Å². The summed E-state index contributed by atoms with van der Waals surface area (Å²) in [6, 6.07) is 0. The first-order valence-electron chi connectivity index (χ1n) is 4.72. The summed E-state index contributed by atoms with van der Waals surface area (Å²) in [6.45, 7) is 4.56. The molecule has 1 aliphatic carbocycles. The van der Waals surface area contributed by atoms with Crippen molar-refractivity contribution in [1.29, 1.82) is 0 Å². The van der Waals surface area contributed by atoms with Gasteiger partial charge in [-0.3, -0.25) is 4.99 Å². The first kappa shape index (κ1) is 8.76. The Morgan fingerprint density at radius 2 is 2.18 bits per heavy atom. The van der Waals surface area contributed by atoms with Crippen LogP contribution in [0.5, 0.6) is 0 Å². The summed E-state index contributed by atoms with van der Waals surface area (Å²) in [5, 5.41) is 0. The topological polar surface area (TPSA) is 12.4 Å². The normalized spacial score (nSPS) is 30.6. The second-order valence-corrected chi connectivity index (χ2v) is 3.72. The minimum absolute atomic E-state index is 0.972. The summed E-state index contributed by atoms with van der Waals surface area (Å²) >= 11 is 0. The van der Waals surface area contributed by atoms with Crippen LogP contribution in [0.25, 0.3) is 0 Å². The molecule has 1 saturated carbocycles. The number of nitrogens with zero attached hydrogens (tertiary/aromatic N) is 1. The minimum Gasteiger partial charge on any atom is -0.297 e. The average Bonchev–Trinajstić information content (AvgIpc) is 2.66. The molecule has 0 amide bonds. The van der Waals surface area contributed by atoms with Crippen molar-refractivity contribution in [1.82, 2.24) is 0 Å². The van der Waals surface area contributed by atoms with Crippen LogP contribution in [0.1, 0.15) is 39.5 Å². The third-order valence-electron chi connectivity index (χ3n) is 2.63. The largest absolute Gasteiger partial charge is 0.297 e. The van der Waals surface area contributed by atoms with Gasteiger partial charge in [0.05, 0.1) is 0 Å². The Bertz CT molecular complexity index is 149. The highest BCUT2D eigenvalue weighted by atomic mass is 14.7. The summed E-state index contributed by atoms with van der Waals surface area (Å²) in [5.74, 6) is 1.95. The number of rotatable bonds is 4. The molecule has 0 aromatic heterocycles. The highest BCUT2D eigenvalue weighted by molar-refractivity contribution is 5.84. The van der Waals surface area contributed by atoms with Gasteiger partial charge >= 0.3 is 0 Å². The molecule has 0 N–H and O–H groups in total. The van der Waals surface area contributed by atoms with Gasteiger partial charge in [-0.25, -0.2) is 0 Å². The van der Waals surface area contributed by atoms with Crippen LogP contribution in [0.3, 0.4) is 0 Å². The SMILES string of the molecule is CCCC(CC1C[C@@H]1C)=NC. The van der Waals surface area contributed by atoms with Crippen LogP contribution in [0.2, 0.25) is 0 Å². The lowest BCUT2D eigenvalue weighted by Gasteiger charge is -2.01. The Kier molecular flexibility index (Phi) is 3.10. The molecule has 0 aromatic carbocycles. The van der Waals surface area contributed by atoms with Gasteiger partial charge in [0.25, 0.3) is 0 Å². The van der Waals surface area contributed by atoms with Crippen LogP contribution in [-0.2, 0) is 0 Å². The van der Waals surface area contributed by atoms with Gasteiger partial charge in [-0.2, -0.15) is 0 Å². The second-order valence-electron chi connectivity index (χ2n) is 3.72. The van der Waals surface area contributed by atoms with Crippen molar-refractivity contribution in [3.8, 4) is 0 Å². The van der Waals surface area contributed by atoms with Crippen molar-refractivity contribution in [2.75, 3.05) is 7.05 Å². The molecule has 0 saturated heterocycles. The Morgan fingerprint density at radius 3 is 2.55 bits per heavy atom. The van der Waals surface area contributed by atoms with Crippen LogP contribution in [0.4, 0.5) is 0 Å². The molecule has 11 heavy (non-hydrogen) atoms. The van der Waals surface area contributed by atoms with E-state index in [9.17, 15) is 0 Å². The predicted molar refractivity (Wildman–Crippen MR) is 50.2 cm³/mol. The number of hydrogen-bond donors (Lipinski definition) is 0. The molecule has 1 heteroatoms. The average molecular weight is 153 g/mol. The Labute approximate surface area is 69.9 Å². The monoisotopic (exact) mass is 153 g/mol. The second kappa shape index (κ2) is 3.89. The van der Waals surface area contributed by atoms with Crippen molar-refractivity contribution in [2.45, 2.75) is 39.5 Å². The standard InChI is InChI=1S/C10H19N/c1-4-5-10(11-3)7-9-6-8(9)2/h8-9H,4-7H2,1-3H3/t8-,9?/m0/s1. The molecule has 0 aliphatic heterocycles. The zero-order valence-electron chi connectivity index (χ0n) is 7.93. The molecule has 0 radical (unpaired) electrons. The highest BCUT2D eigenvalue weighted by Crippen LogP contribution is 2.40. The molecule has 0 aromatic rings. The van der Waals surface area contributed by atoms with E-state index in [4.69, 9.17) is 0 Å². The lowest BCUT2D eigenvalue weighted by molar-refractivity contribution is 0.770. The van der Waals surface area contributed by atoms with E-state index in [1.54, 1.807) is 0 Å². The minimum atomic E-state index is 0.972. The van der Waals surface area contributed by atoms with E-state index in [1.807, 2.05) is 7.05 Å². The quantitative estimate of drug-likeness (QED) is 0.551. The van der Waals surface area contributed by atoms with Crippen LogP contribution in [0, 0.1) is 11.8 Å².